The van der Waals surface area contributed by atoms with Gasteiger partial charge in [0.15, 0.2) is 0 Å². The van der Waals surface area contributed by atoms with Crippen LogP contribution in [0.2, 0.25) is 5.15 Å². The van der Waals surface area contributed by atoms with Gasteiger partial charge >= 0.3 is 12.2 Å². The predicted molar refractivity (Wildman–Crippen MR) is 218 cm³/mol. The van der Waals surface area contributed by atoms with Gasteiger partial charge in [-0.25, -0.2) is 19.6 Å². The molecule has 1 aliphatic carbocycles. The number of carbonyl (C=O) groups is 4. The quantitative estimate of drug-likeness (QED) is 0.0790. The topological polar surface area (TPSA) is 194 Å². The molecule has 2 aromatic heterocycles. The third-order valence-corrected chi connectivity index (χ3v) is 11.6. The summed E-state index contributed by atoms with van der Waals surface area (Å²) in [5, 5.41) is 19.8. The van der Waals surface area contributed by atoms with Crippen LogP contribution in [-0.4, -0.2) is 85.7 Å². The maximum Gasteiger partial charge on any atom is 0.407 e. The Balaban J connectivity index is 1.07. The zero-order chi connectivity index (χ0) is 40.5. The molecule has 15 heteroatoms. The van der Waals surface area contributed by atoms with Crippen LogP contribution in [0, 0.1) is 11.8 Å². The molecule has 3 heterocycles. The number of hydrogen-bond donors (Lipinski definition) is 6. The van der Waals surface area contributed by atoms with Crippen molar-refractivity contribution in [3.8, 4) is 22.4 Å². The Labute approximate surface area is 335 Å². The second-order valence-corrected chi connectivity index (χ2v) is 16.1. The number of rotatable bonds is 11. The fourth-order valence-electron chi connectivity index (χ4n) is 8.31. The van der Waals surface area contributed by atoms with Crippen molar-refractivity contribution in [3.05, 3.63) is 71.4 Å². The highest BCUT2D eigenvalue weighted by molar-refractivity contribution is 6.32. The molecular formula is C42H49ClN8O6. The maximum absolute atomic E-state index is 13.7. The van der Waals surface area contributed by atoms with Gasteiger partial charge in [-0.15, -0.1) is 0 Å². The number of H-pyrrole nitrogens is 2. The first-order valence-corrected chi connectivity index (χ1v) is 19.9. The number of imidazole rings is 2. The number of halogens is 1. The summed E-state index contributed by atoms with van der Waals surface area (Å²) < 4.78 is 4.78. The van der Waals surface area contributed by atoms with Crippen molar-refractivity contribution in [3.63, 3.8) is 0 Å². The highest BCUT2D eigenvalue weighted by Crippen LogP contribution is 2.38. The van der Waals surface area contributed by atoms with Gasteiger partial charge in [-0.2, -0.15) is 0 Å². The van der Waals surface area contributed by atoms with E-state index in [4.69, 9.17) is 26.3 Å². The highest BCUT2D eigenvalue weighted by atomic mass is 35.5. The van der Waals surface area contributed by atoms with E-state index in [2.05, 4.69) is 50.2 Å². The van der Waals surface area contributed by atoms with Crippen LogP contribution in [0.1, 0.15) is 83.4 Å². The lowest BCUT2D eigenvalue weighted by molar-refractivity contribution is -0.135. The van der Waals surface area contributed by atoms with Crippen molar-refractivity contribution in [2.75, 3.05) is 13.7 Å². The molecule has 5 atom stereocenters. The van der Waals surface area contributed by atoms with Crippen molar-refractivity contribution in [2.45, 2.75) is 89.9 Å². The summed E-state index contributed by atoms with van der Waals surface area (Å²) >= 11 is 6.72. The third-order valence-electron chi connectivity index (χ3n) is 11.3. The number of carboxylic acid groups (broad SMARTS) is 1. The van der Waals surface area contributed by atoms with E-state index in [1.807, 2.05) is 49.1 Å². The van der Waals surface area contributed by atoms with Gasteiger partial charge in [-0.3, -0.25) is 9.59 Å². The first kappa shape index (κ1) is 39.6. The Bertz CT molecular complexity index is 2300. The normalized spacial score (nSPS) is 19.3. The average Bonchev–Trinajstić information content (AvgIpc) is 4.01. The van der Waals surface area contributed by atoms with E-state index in [-0.39, 0.29) is 41.7 Å². The molecule has 0 bridgehead atoms. The summed E-state index contributed by atoms with van der Waals surface area (Å²) in [7, 11) is 1.29. The second-order valence-electron chi connectivity index (χ2n) is 15.8. The SMILES string of the molecule is COC(=O)N[C@H](C(=O)N1CCC[C@H]1c1nc2c(ccc3cc(-c4ccc(-c5nc([C@H]6CCC[C@@H]6NC(=O)[C@@H](NC(=O)O)C(C)C)[nH]c5Cl)cc4)ccc32)[nH]1)C(C)C. The van der Waals surface area contributed by atoms with E-state index in [9.17, 15) is 24.3 Å². The molecule has 6 N–H and O–H groups in total. The van der Waals surface area contributed by atoms with E-state index in [1.54, 1.807) is 13.8 Å². The molecule has 1 saturated carbocycles. The van der Waals surface area contributed by atoms with E-state index < -0.39 is 24.3 Å². The summed E-state index contributed by atoms with van der Waals surface area (Å²) in [6.45, 7) is 7.99. The molecule has 300 valence electrons. The van der Waals surface area contributed by atoms with E-state index in [1.165, 1.54) is 7.11 Å². The fourth-order valence-corrected chi connectivity index (χ4v) is 8.56. The van der Waals surface area contributed by atoms with Crippen LogP contribution in [-0.2, 0) is 14.3 Å². The van der Waals surface area contributed by atoms with Crippen LogP contribution in [0.5, 0.6) is 0 Å². The van der Waals surface area contributed by atoms with E-state index in [0.717, 1.165) is 76.4 Å². The number of carbonyl (C=O) groups excluding carboxylic acids is 3. The Hall–Kier alpha value is -5.63. The number of hydrogen-bond acceptors (Lipinski definition) is 7. The first-order valence-electron chi connectivity index (χ1n) is 19.6. The van der Waals surface area contributed by atoms with Gasteiger partial charge in [0.05, 0.1) is 24.2 Å². The van der Waals surface area contributed by atoms with Gasteiger partial charge in [0, 0.05) is 29.5 Å². The molecule has 2 fully saturated rings. The molecule has 3 aromatic carbocycles. The number of amides is 4. The second kappa shape index (κ2) is 16.5. The largest absolute Gasteiger partial charge is 0.465 e. The smallest absolute Gasteiger partial charge is 0.407 e. The first-order chi connectivity index (χ1) is 27.3. The predicted octanol–water partition coefficient (Wildman–Crippen LogP) is 7.52. The van der Waals surface area contributed by atoms with Crippen LogP contribution in [0.15, 0.2) is 54.6 Å². The Morgan fingerprint density at radius 2 is 1.56 bits per heavy atom. The number of nitrogens with zero attached hydrogens (tertiary/aromatic N) is 3. The molecule has 57 heavy (non-hydrogen) atoms. The molecule has 0 spiro atoms. The summed E-state index contributed by atoms with van der Waals surface area (Å²) in [6, 6.07) is 16.5. The van der Waals surface area contributed by atoms with Crippen LogP contribution in [0.4, 0.5) is 9.59 Å². The van der Waals surface area contributed by atoms with Crippen LogP contribution in [0.3, 0.4) is 0 Å². The van der Waals surface area contributed by atoms with Crippen molar-refractivity contribution in [1.82, 2.24) is 40.8 Å². The van der Waals surface area contributed by atoms with Crippen molar-refractivity contribution < 1.29 is 29.0 Å². The number of aromatic nitrogens is 4. The molecular weight excluding hydrogens is 748 g/mol. The van der Waals surface area contributed by atoms with Gasteiger partial charge in [0.1, 0.15) is 34.6 Å². The molecule has 0 radical (unpaired) electrons. The lowest BCUT2D eigenvalue weighted by atomic mass is 9.99. The number of likely N-dealkylation sites (tertiary alicyclic amines) is 1. The molecule has 2 aliphatic rings. The Morgan fingerprint density at radius 1 is 0.842 bits per heavy atom. The maximum atomic E-state index is 13.7. The number of ether oxygens (including phenoxy) is 1. The average molecular weight is 797 g/mol. The fraction of sp³-hybridized carbons (Fsp3) is 0.429. The third kappa shape index (κ3) is 8.13. The van der Waals surface area contributed by atoms with Crippen LogP contribution < -0.4 is 16.0 Å². The molecule has 5 aromatic rings. The van der Waals surface area contributed by atoms with Gasteiger partial charge < -0.3 is 40.7 Å². The zero-order valence-corrected chi connectivity index (χ0v) is 33.4. The number of alkyl carbamates (subject to hydrolysis) is 1. The minimum atomic E-state index is -1.23. The Kier molecular flexibility index (Phi) is 11.4. The lowest BCUT2D eigenvalue weighted by Gasteiger charge is -2.29. The van der Waals surface area contributed by atoms with Crippen LogP contribution >= 0.6 is 11.6 Å². The lowest BCUT2D eigenvalue weighted by Crippen LogP contribution is -2.52. The van der Waals surface area contributed by atoms with E-state index in [0.29, 0.717) is 23.2 Å². The standard InChI is InChI=1S/C42H49ClN8O6/c1-21(2)32(48-41(54)55)39(52)45-29-9-6-8-28(29)37-46-34(36(43)50-37)24-13-11-23(12-14-24)25-15-17-27-26(20-25)16-18-30-35(27)47-38(44-30)31-10-7-19-51(31)40(53)33(22(3)4)49-42(56)57-5/h11-18,20-22,28-29,31-33,48H,6-10,19H2,1-5H3,(H,44,47)(H,45,52)(H,46,50)(H,49,56)(H,54,55)/t28-,29-,31-,32-,33-/m0/s1. The number of aromatic amines is 2. The summed E-state index contributed by atoms with van der Waals surface area (Å²) in [6.07, 6.45) is 2.20. The van der Waals surface area contributed by atoms with Crippen molar-refractivity contribution in [2.24, 2.45) is 11.8 Å². The van der Waals surface area contributed by atoms with E-state index >= 15 is 0 Å². The molecule has 4 amide bonds. The van der Waals surface area contributed by atoms with Gasteiger partial charge in [-0.05, 0) is 66.2 Å². The molecule has 1 saturated heterocycles. The minimum Gasteiger partial charge on any atom is -0.465 e. The van der Waals surface area contributed by atoms with Crippen molar-refractivity contribution >= 4 is 57.4 Å². The molecule has 7 rings (SSSR count). The molecule has 0 unspecified atom stereocenters. The van der Waals surface area contributed by atoms with Gasteiger partial charge in [0.2, 0.25) is 11.8 Å². The summed E-state index contributed by atoms with van der Waals surface area (Å²) in [5.74, 6) is 0.516. The minimum absolute atomic E-state index is 0.0843. The Morgan fingerprint density at radius 3 is 2.26 bits per heavy atom. The molecule has 14 nitrogen and oxygen atoms in total. The summed E-state index contributed by atoms with van der Waals surface area (Å²) in [5.41, 5.74) is 5.25. The number of nitrogens with one attached hydrogen (secondary N) is 5. The monoisotopic (exact) mass is 796 g/mol. The van der Waals surface area contributed by atoms with Gasteiger partial charge in [-0.1, -0.05) is 88.2 Å². The number of methoxy groups -OCH3 is 1. The zero-order valence-electron chi connectivity index (χ0n) is 32.7. The number of benzene rings is 3. The van der Waals surface area contributed by atoms with Crippen molar-refractivity contribution in [1.29, 1.82) is 0 Å². The molecule has 1 aliphatic heterocycles. The van der Waals surface area contributed by atoms with Crippen LogP contribution in [0.25, 0.3) is 44.2 Å². The number of fused-ring (bicyclic) bond motifs is 3. The highest BCUT2D eigenvalue weighted by Gasteiger charge is 2.38. The van der Waals surface area contributed by atoms with Gasteiger partial charge in [0.25, 0.3) is 0 Å². The summed E-state index contributed by atoms with van der Waals surface area (Å²) in [4.78, 5) is 68.5.